The molecule has 0 fully saturated rings. The van der Waals surface area contributed by atoms with Crippen LogP contribution in [0.1, 0.15) is 11.5 Å². The zero-order valence-electron chi connectivity index (χ0n) is 16.7. The second-order valence-corrected chi connectivity index (χ2v) is 6.80. The van der Waals surface area contributed by atoms with Crippen LogP contribution in [0, 0.1) is 10.1 Å². The van der Waals surface area contributed by atoms with Crippen molar-refractivity contribution < 1.29 is 23.7 Å². The zero-order valence-corrected chi connectivity index (χ0v) is 16.7. The molecule has 1 amide bonds. The first-order valence-electron chi connectivity index (χ1n) is 9.66. The summed E-state index contributed by atoms with van der Waals surface area (Å²) in [6.07, 6.45) is 2.80. The van der Waals surface area contributed by atoms with Gasteiger partial charge in [0.2, 0.25) is 5.91 Å². The number of para-hydroxylation sites is 1. The van der Waals surface area contributed by atoms with Crippen molar-refractivity contribution in [1.29, 1.82) is 0 Å². The number of carbonyl (C=O) groups excluding carboxylic acids is 1. The van der Waals surface area contributed by atoms with E-state index in [1.165, 1.54) is 18.2 Å². The van der Waals surface area contributed by atoms with E-state index in [9.17, 15) is 14.9 Å². The van der Waals surface area contributed by atoms with Crippen molar-refractivity contribution in [3.63, 3.8) is 0 Å². The first-order valence-corrected chi connectivity index (χ1v) is 9.66. The number of benzene rings is 2. The highest BCUT2D eigenvalue weighted by atomic mass is 16.6. The Morgan fingerprint density at radius 1 is 0.969 bits per heavy atom. The molecule has 0 aliphatic carbocycles. The fourth-order valence-corrected chi connectivity index (χ4v) is 3.11. The van der Waals surface area contributed by atoms with Crippen molar-refractivity contribution >= 4 is 23.4 Å². The summed E-state index contributed by atoms with van der Waals surface area (Å²) in [4.78, 5) is 22.9. The normalized spacial score (nSPS) is 11.0. The minimum absolute atomic E-state index is 0.0549. The maximum Gasteiger partial charge on any atom is 0.280 e. The van der Waals surface area contributed by atoms with Crippen LogP contribution < -0.4 is 5.32 Å². The van der Waals surface area contributed by atoms with Crippen molar-refractivity contribution in [1.82, 2.24) is 0 Å². The molecule has 32 heavy (non-hydrogen) atoms. The van der Waals surface area contributed by atoms with Gasteiger partial charge in [0, 0.05) is 23.4 Å². The smallest absolute Gasteiger partial charge is 0.280 e. The molecule has 0 bridgehead atoms. The Morgan fingerprint density at radius 2 is 1.72 bits per heavy atom. The molecule has 0 aliphatic heterocycles. The number of rotatable bonds is 7. The Morgan fingerprint density at radius 3 is 2.44 bits per heavy atom. The molecular weight excluding hydrogens is 412 g/mol. The van der Waals surface area contributed by atoms with E-state index in [-0.39, 0.29) is 18.2 Å². The molecule has 2 aromatic carbocycles. The minimum Gasteiger partial charge on any atom is -0.459 e. The Bertz CT molecular complexity index is 1280. The standard InChI is InChI=1S/C24H18N2O6/c27-15-19-10-12-22(32-19)16-5-7-17(8-6-16)25-24(28)14-11-18-9-13-23(31-18)20-3-1-2-4-21(20)26(29)30/h1-14,27H,15H2,(H,25,28)/b14-11+. The van der Waals surface area contributed by atoms with E-state index in [1.54, 1.807) is 66.7 Å². The number of hydrogen-bond donors (Lipinski definition) is 2. The van der Waals surface area contributed by atoms with Gasteiger partial charge in [-0.3, -0.25) is 14.9 Å². The van der Waals surface area contributed by atoms with E-state index in [1.807, 2.05) is 0 Å². The number of nitro benzene ring substituents is 1. The maximum absolute atomic E-state index is 12.2. The van der Waals surface area contributed by atoms with Crippen LogP contribution in [0.5, 0.6) is 0 Å². The van der Waals surface area contributed by atoms with Crippen molar-refractivity contribution in [2.24, 2.45) is 0 Å². The molecule has 0 unspecified atom stereocenters. The molecule has 4 rings (SSSR count). The third-order valence-corrected chi connectivity index (χ3v) is 4.65. The van der Waals surface area contributed by atoms with Gasteiger partial charge in [0.05, 0.1) is 10.5 Å². The van der Waals surface area contributed by atoms with Gasteiger partial charge in [-0.05, 0) is 60.7 Å². The van der Waals surface area contributed by atoms with Gasteiger partial charge >= 0.3 is 0 Å². The van der Waals surface area contributed by atoms with Crippen LogP contribution in [0.15, 0.2) is 87.7 Å². The molecule has 0 aliphatic rings. The molecule has 0 spiro atoms. The predicted octanol–water partition coefficient (Wildman–Crippen LogP) is 5.26. The zero-order chi connectivity index (χ0) is 22.5. The SMILES string of the molecule is O=C(/C=C/c1ccc(-c2ccccc2[N+](=O)[O-])o1)Nc1ccc(-c2ccc(CO)o2)cc1. The third-order valence-electron chi connectivity index (χ3n) is 4.65. The van der Waals surface area contributed by atoms with Gasteiger partial charge in [0.15, 0.2) is 0 Å². The summed E-state index contributed by atoms with van der Waals surface area (Å²) in [5.41, 5.74) is 1.72. The van der Waals surface area contributed by atoms with Crippen LogP contribution in [0.3, 0.4) is 0 Å². The quantitative estimate of drug-likeness (QED) is 0.235. The van der Waals surface area contributed by atoms with Gasteiger partial charge in [0.25, 0.3) is 5.69 Å². The number of aliphatic hydroxyl groups is 1. The van der Waals surface area contributed by atoms with E-state index in [4.69, 9.17) is 13.9 Å². The van der Waals surface area contributed by atoms with Crippen LogP contribution in [0.25, 0.3) is 28.7 Å². The highest BCUT2D eigenvalue weighted by Gasteiger charge is 2.16. The van der Waals surface area contributed by atoms with Crippen molar-refractivity contribution in [2.45, 2.75) is 6.61 Å². The average molecular weight is 430 g/mol. The summed E-state index contributed by atoms with van der Waals surface area (Å²) in [6, 6.07) is 20.1. The third kappa shape index (κ3) is 4.66. The number of amides is 1. The van der Waals surface area contributed by atoms with E-state index in [0.29, 0.717) is 34.3 Å². The lowest BCUT2D eigenvalue weighted by atomic mass is 10.1. The van der Waals surface area contributed by atoms with Crippen LogP contribution in [0.2, 0.25) is 0 Å². The number of furan rings is 2. The second kappa shape index (κ2) is 9.15. The lowest BCUT2D eigenvalue weighted by Crippen LogP contribution is -2.07. The molecular formula is C24H18N2O6. The first-order chi connectivity index (χ1) is 15.5. The molecule has 2 heterocycles. The topological polar surface area (TPSA) is 119 Å². The van der Waals surface area contributed by atoms with E-state index in [0.717, 1.165) is 5.56 Å². The van der Waals surface area contributed by atoms with Crippen molar-refractivity contribution in [3.8, 4) is 22.6 Å². The predicted molar refractivity (Wildman–Crippen MR) is 119 cm³/mol. The van der Waals surface area contributed by atoms with Crippen LogP contribution in [0.4, 0.5) is 11.4 Å². The Balaban J connectivity index is 1.41. The monoisotopic (exact) mass is 430 g/mol. The molecule has 0 radical (unpaired) electrons. The van der Waals surface area contributed by atoms with Gasteiger partial charge in [-0.25, -0.2) is 0 Å². The molecule has 0 saturated heterocycles. The number of carbonyl (C=O) groups is 1. The van der Waals surface area contributed by atoms with Gasteiger partial charge in [-0.2, -0.15) is 0 Å². The largest absolute Gasteiger partial charge is 0.459 e. The van der Waals surface area contributed by atoms with Crippen LogP contribution in [-0.4, -0.2) is 15.9 Å². The van der Waals surface area contributed by atoms with Crippen molar-refractivity contribution in [2.75, 3.05) is 5.32 Å². The number of nitrogens with one attached hydrogen (secondary N) is 1. The first kappa shape index (κ1) is 20.8. The summed E-state index contributed by atoms with van der Waals surface area (Å²) in [6.45, 7) is -0.167. The fourth-order valence-electron chi connectivity index (χ4n) is 3.11. The number of anilines is 1. The summed E-state index contributed by atoms with van der Waals surface area (Å²) in [5, 5.41) is 23.0. The summed E-state index contributed by atoms with van der Waals surface area (Å²) in [5.74, 6) is 1.47. The van der Waals surface area contributed by atoms with Gasteiger partial charge in [0.1, 0.15) is 29.6 Å². The molecule has 8 heteroatoms. The Kier molecular flexibility index (Phi) is 5.96. The summed E-state index contributed by atoms with van der Waals surface area (Å²) < 4.78 is 11.1. The molecule has 0 atom stereocenters. The Labute approximate surface area is 182 Å². The molecule has 160 valence electrons. The molecule has 8 nitrogen and oxygen atoms in total. The Hall–Kier alpha value is -4.43. The number of hydrogen-bond acceptors (Lipinski definition) is 6. The van der Waals surface area contributed by atoms with Gasteiger partial charge in [-0.15, -0.1) is 0 Å². The number of nitro groups is 1. The highest BCUT2D eigenvalue weighted by molar-refractivity contribution is 6.01. The lowest BCUT2D eigenvalue weighted by molar-refractivity contribution is -0.384. The van der Waals surface area contributed by atoms with Gasteiger partial charge in [-0.1, -0.05) is 12.1 Å². The van der Waals surface area contributed by atoms with Gasteiger partial charge < -0.3 is 19.3 Å². The van der Waals surface area contributed by atoms with E-state index < -0.39 is 4.92 Å². The summed E-state index contributed by atoms with van der Waals surface area (Å²) in [7, 11) is 0. The maximum atomic E-state index is 12.2. The average Bonchev–Trinajstić information content (AvgIpc) is 3.48. The van der Waals surface area contributed by atoms with Crippen molar-refractivity contribution in [3.05, 3.63) is 101 Å². The minimum atomic E-state index is -0.469. The molecule has 4 aromatic rings. The van der Waals surface area contributed by atoms with Crippen LogP contribution >= 0.6 is 0 Å². The highest BCUT2D eigenvalue weighted by Crippen LogP contribution is 2.31. The van der Waals surface area contributed by atoms with E-state index in [2.05, 4.69) is 5.32 Å². The number of aliphatic hydroxyl groups excluding tert-OH is 1. The molecule has 2 aromatic heterocycles. The molecule has 2 N–H and O–H groups in total. The second-order valence-electron chi connectivity index (χ2n) is 6.80. The van der Waals surface area contributed by atoms with Crippen LogP contribution in [-0.2, 0) is 11.4 Å². The summed E-state index contributed by atoms with van der Waals surface area (Å²) >= 11 is 0. The number of nitrogens with zero attached hydrogens (tertiary/aromatic N) is 1. The lowest BCUT2D eigenvalue weighted by Gasteiger charge is -2.03. The van der Waals surface area contributed by atoms with E-state index >= 15 is 0 Å². The molecule has 0 saturated carbocycles. The fraction of sp³-hybridized carbons (Fsp3) is 0.0417.